The molecule has 1 aromatic carbocycles. The number of carbonyl (C=O) groups is 1. The van der Waals surface area contributed by atoms with Gasteiger partial charge in [0.25, 0.3) is 5.56 Å². The fraction of sp³-hybridized carbons (Fsp3) is 0.429. The molecule has 3 rings (SSSR count). The molecule has 0 saturated heterocycles. The van der Waals surface area contributed by atoms with Crippen LogP contribution in [0.2, 0.25) is 0 Å². The molecule has 0 fully saturated rings. The highest BCUT2D eigenvalue weighted by Crippen LogP contribution is 2.10. The van der Waals surface area contributed by atoms with E-state index in [1.165, 1.54) is 10.9 Å². The van der Waals surface area contributed by atoms with E-state index in [-0.39, 0.29) is 30.6 Å². The summed E-state index contributed by atoms with van der Waals surface area (Å²) in [5.74, 6) is -0.378. The molecule has 2 heterocycles. The van der Waals surface area contributed by atoms with Gasteiger partial charge in [0.1, 0.15) is 6.54 Å². The monoisotopic (exact) mass is 413 g/mol. The Balaban J connectivity index is 2.13. The molecule has 0 saturated carbocycles. The van der Waals surface area contributed by atoms with Crippen molar-refractivity contribution in [3.63, 3.8) is 0 Å². The molecule has 9 heteroatoms. The van der Waals surface area contributed by atoms with Crippen LogP contribution < -0.4 is 16.6 Å². The van der Waals surface area contributed by atoms with E-state index in [2.05, 4.69) is 10.3 Å². The van der Waals surface area contributed by atoms with Crippen LogP contribution in [0.5, 0.6) is 0 Å². The number of nitrogens with one attached hydrogen (secondary N) is 1. The average molecular weight is 413 g/mol. The third kappa shape index (κ3) is 4.51. The number of nitrogens with zero attached hydrogens (tertiary/aromatic N) is 4. The van der Waals surface area contributed by atoms with Crippen molar-refractivity contribution in [3.8, 4) is 0 Å². The van der Waals surface area contributed by atoms with Crippen LogP contribution in [0.25, 0.3) is 11.2 Å². The Labute approximate surface area is 173 Å². The highest BCUT2D eigenvalue weighted by molar-refractivity contribution is 5.77. The van der Waals surface area contributed by atoms with Gasteiger partial charge in [-0.1, -0.05) is 37.3 Å². The van der Waals surface area contributed by atoms with E-state index in [9.17, 15) is 14.4 Å². The number of aromatic nitrogens is 4. The van der Waals surface area contributed by atoms with Gasteiger partial charge in [0.2, 0.25) is 5.91 Å². The Morgan fingerprint density at radius 2 is 1.93 bits per heavy atom. The van der Waals surface area contributed by atoms with Gasteiger partial charge in [-0.05, 0) is 18.9 Å². The lowest BCUT2D eigenvalue weighted by Gasteiger charge is -2.14. The van der Waals surface area contributed by atoms with Crippen molar-refractivity contribution in [3.05, 3.63) is 63.1 Å². The number of rotatable bonds is 9. The Morgan fingerprint density at radius 1 is 1.20 bits per heavy atom. The molecule has 30 heavy (non-hydrogen) atoms. The zero-order valence-corrected chi connectivity index (χ0v) is 17.5. The third-order valence-electron chi connectivity index (χ3n) is 5.02. The smallest absolute Gasteiger partial charge is 0.333 e. The molecule has 2 aromatic heterocycles. The van der Waals surface area contributed by atoms with E-state index >= 15 is 0 Å². The van der Waals surface area contributed by atoms with E-state index < -0.39 is 11.2 Å². The molecule has 0 spiro atoms. The van der Waals surface area contributed by atoms with Gasteiger partial charge in [-0.2, -0.15) is 0 Å². The molecule has 0 bridgehead atoms. The molecule has 160 valence electrons. The number of hydrogen-bond donors (Lipinski definition) is 1. The van der Waals surface area contributed by atoms with Gasteiger partial charge in [-0.3, -0.25) is 14.2 Å². The molecule has 0 aliphatic rings. The lowest BCUT2D eigenvalue weighted by atomic mass is 10.2. The van der Waals surface area contributed by atoms with Gasteiger partial charge >= 0.3 is 5.69 Å². The summed E-state index contributed by atoms with van der Waals surface area (Å²) in [5, 5.41) is 2.80. The molecule has 9 nitrogen and oxygen atoms in total. The summed E-state index contributed by atoms with van der Waals surface area (Å²) in [5.41, 5.74) is 0.365. The van der Waals surface area contributed by atoms with Crippen LogP contribution in [0.3, 0.4) is 0 Å². The van der Waals surface area contributed by atoms with Gasteiger partial charge in [-0.25, -0.2) is 14.3 Å². The summed E-state index contributed by atoms with van der Waals surface area (Å²) in [6.07, 6.45) is 2.28. The van der Waals surface area contributed by atoms with Crippen molar-refractivity contribution in [1.82, 2.24) is 24.0 Å². The molecule has 1 atom stereocenters. The lowest BCUT2D eigenvalue weighted by molar-refractivity contribution is -0.122. The summed E-state index contributed by atoms with van der Waals surface area (Å²) in [7, 11) is 1.57. The number of benzene rings is 1. The van der Waals surface area contributed by atoms with Gasteiger partial charge < -0.3 is 14.6 Å². The minimum absolute atomic E-state index is 0.0456. The molecule has 0 aliphatic carbocycles. The number of amides is 1. The summed E-state index contributed by atoms with van der Waals surface area (Å²) in [6.45, 7) is 4.51. The molecule has 1 amide bonds. The molecular weight excluding hydrogens is 386 g/mol. The summed E-state index contributed by atoms with van der Waals surface area (Å²) in [6, 6.07) is 9.39. The topological polar surface area (TPSA) is 100 Å². The van der Waals surface area contributed by atoms with Gasteiger partial charge in [0, 0.05) is 19.7 Å². The Kier molecular flexibility index (Phi) is 6.83. The van der Waals surface area contributed by atoms with Crippen LogP contribution in [0.15, 0.2) is 46.2 Å². The molecule has 0 unspecified atom stereocenters. The van der Waals surface area contributed by atoms with E-state index in [0.717, 1.165) is 16.6 Å². The molecule has 1 N–H and O–H groups in total. The molecule has 3 aromatic rings. The summed E-state index contributed by atoms with van der Waals surface area (Å²) >= 11 is 0. The molecule has 0 aliphatic heterocycles. The second-order valence-corrected chi connectivity index (χ2v) is 7.23. The van der Waals surface area contributed by atoms with Gasteiger partial charge in [0.15, 0.2) is 11.2 Å². The fourth-order valence-electron chi connectivity index (χ4n) is 3.21. The number of ether oxygens (including phenoxy) is 1. The first-order chi connectivity index (χ1) is 14.5. The van der Waals surface area contributed by atoms with E-state index in [0.29, 0.717) is 18.8 Å². The predicted octanol–water partition coefficient (Wildman–Crippen LogP) is 0.969. The zero-order valence-electron chi connectivity index (χ0n) is 17.5. The summed E-state index contributed by atoms with van der Waals surface area (Å²) in [4.78, 5) is 43.1. The van der Waals surface area contributed by atoms with E-state index in [1.54, 1.807) is 11.7 Å². The second-order valence-electron chi connectivity index (χ2n) is 7.23. The highest BCUT2D eigenvalue weighted by atomic mass is 16.5. The number of fused-ring (bicyclic) bond motifs is 1. The van der Waals surface area contributed by atoms with E-state index in [1.807, 2.05) is 44.2 Å². The van der Waals surface area contributed by atoms with E-state index in [4.69, 9.17) is 4.74 Å². The molecule has 0 radical (unpaired) electrons. The Morgan fingerprint density at radius 3 is 2.60 bits per heavy atom. The molecular formula is C21H27N5O4. The maximum Gasteiger partial charge on any atom is 0.333 e. The largest absolute Gasteiger partial charge is 0.383 e. The Hall–Kier alpha value is -3.20. The van der Waals surface area contributed by atoms with Gasteiger partial charge in [-0.15, -0.1) is 0 Å². The highest BCUT2D eigenvalue weighted by Gasteiger charge is 2.20. The lowest BCUT2D eigenvalue weighted by Crippen LogP contribution is -2.45. The first-order valence-electron chi connectivity index (χ1n) is 9.97. The van der Waals surface area contributed by atoms with Crippen molar-refractivity contribution in [2.24, 2.45) is 0 Å². The Bertz CT molecular complexity index is 1130. The average Bonchev–Trinajstić information content (AvgIpc) is 3.17. The second kappa shape index (κ2) is 9.53. The normalized spacial score (nSPS) is 12.2. The van der Waals surface area contributed by atoms with Crippen molar-refractivity contribution in [1.29, 1.82) is 0 Å². The third-order valence-corrected chi connectivity index (χ3v) is 5.02. The van der Waals surface area contributed by atoms with Crippen LogP contribution in [0.4, 0.5) is 0 Å². The van der Waals surface area contributed by atoms with Crippen molar-refractivity contribution >= 4 is 17.1 Å². The summed E-state index contributed by atoms with van der Waals surface area (Å²) < 4.78 is 9.19. The van der Waals surface area contributed by atoms with Crippen LogP contribution >= 0.6 is 0 Å². The first kappa shape index (κ1) is 21.5. The van der Waals surface area contributed by atoms with Crippen molar-refractivity contribution < 1.29 is 9.53 Å². The van der Waals surface area contributed by atoms with Crippen LogP contribution in [0, 0.1) is 0 Å². The maximum atomic E-state index is 13.2. The number of carbonyl (C=O) groups excluding carboxylic acids is 1. The van der Waals surface area contributed by atoms with Crippen LogP contribution in [0.1, 0.15) is 25.8 Å². The number of hydrogen-bond acceptors (Lipinski definition) is 5. The minimum Gasteiger partial charge on any atom is -0.383 e. The number of methoxy groups -OCH3 is 1. The van der Waals surface area contributed by atoms with Gasteiger partial charge in [0.05, 0.1) is 19.5 Å². The van der Waals surface area contributed by atoms with Crippen molar-refractivity contribution in [2.45, 2.75) is 45.9 Å². The zero-order chi connectivity index (χ0) is 21.7. The minimum atomic E-state index is -0.562. The van der Waals surface area contributed by atoms with Crippen LogP contribution in [-0.2, 0) is 29.2 Å². The van der Waals surface area contributed by atoms with Crippen LogP contribution in [-0.4, -0.2) is 44.4 Å². The first-order valence-corrected chi connectivity index (χ1v) is 9.97. The SMILES string of the molecule is CC[C@H](C)NC(=O)Cn1c(=O)c2c(ncn2CCOC)n(Cc2ccccc2)c1=O. The number of imidazole rings is 1. The standard InChI is InChI=1S/C21H27N5O4/c1-4-15(2)23-17(27)13-26-20(28)18-19(22-14-24(18)10-11-30-3)25(21(26)29)12-16-8-6-5-7-9-16/h5-9,14-15H,4,10-13H2,1-3H3,(H,23,27)/t15-/m0/s1. The quantitative estimate of drug-likeness (QED) is 0.563. The predicted molar refractivity (Wildman–Crippen MR) is 114 cm³/mol. The maximum absolute atomic E-state index is 13.2. The van der Waals surface area contributed by atoms with Crippen molar-refractivity contribution in [2.75, 3.05) is 13.7 Å². The fourth-order valence-corrected chi connectivity index (χ4v) is 3.21.